The van der Waals surface area contributed by atoms with Crippen LogP contribution in [0.15, 0.2) is 29.2 Å². The van der Waals surface area contributed by atoms with Crippen LogP contribution in [-0.4, -0.2) is 67.1 Å². The third kappa shape index (κ3) is 6.48. The van der Waals surface area contributed by atoms with Crippen LogP contribution in [0.2, 0.25) is 0 Å². The normalized spacial score (nSPS) is 20.7. The van der Waals surface area contributed by atoms with Crippen molar-refractivity contribution in [3.63, 3.8) is 0 Å². The van der Waals surface area contributed by atoms with E-state index < -0.39 is 0 Å². The maximum atomic E-state index is 13.2. The molecule has 1 unspecified atom stereocenters. The quantitative estimate of drug-likeness (QED) is 0.688. The first kappa shape index (κ1) is 22.2. The second-order valence-corrected chi connectivity index (χ2v) is 9.62. The van der Waals surface area contributed by atoms with Gasteiger partial charge in [0.05, 0.1) is 11.3 Å². The molecule has 6 heteroatoms. The lowest BCUT2D eigenvalue weighted by Gasteiger charge is -2.36. The summed E-state index contributed by atoms with van der Waals surface area (Å²) >= 11 is 1.47. The van der Waals surface area contributed by atoms with Crippen molar-refractivity contribution in [2.75, 3.05) is 39.5 Å². The molecular weight excluding hydrogens is 382 g/mol. The Morgan fingerprint density at radius 1 is 1.10 bits per heavy atom. The standard InChI is InChI=1S/C23H35N3O2S/c1-25(2)19-11-8-14-26(16-19)23(28)20-12-6-7-13-21(20)29-17-22(27)24-15-18-9-4-3-5-10-18/h6-7,12-13,18-19H,3-5,8-11,14-17H2,1-2H3,(H,24,27). The third-order valence-corrected chi connectivity index (χ3v) is 7.28. The van der Waals surface area contributed by atoms with E-state index in [2.05, 4.69) is 24.3 Å². The summed E-state index contributed by atoms with van der Waals surface area (Å²) in [5, 5.41) is 3.09. The van der Waals surface area contributed by atoms with E-state index in [9.17, 15) is 9.59 Å². The van der Waals surface area contributed by atoms with E-state index in [4.69, 9.17) is 0 Å². The summed E-state index contributed by atoms with van der Waals surface area (Å²) in [4.78, 5) is 30.6. The zero-order valence-corrected chi connectivity index (χ0v) is 18.7. The molecule has 1 aliphatic carbocycles. The van der Waals surface area contributed by atoms with Gasteiger partial charge in [-0.25, -0.2) is 0 Å². The molecule has 0 bridgehead atoms. The number of likely N-dealkylation sites (N-methyl/N-ethyl adjacent to an activating group) is 1. The van der Waals surface area contributed by atoms with Crippen LogP contribution in [0.1, 0.15) is 55.3 Å². The van der Waals surface area contributed by atoms with Gasteiger partial charge in [-0.15, -0.1) is 11.8 Å². The molecule has 0 spiro atoms. The van der Waals surface area contributed by atoms with Gasteiger partial charge in [-0.05, 0) is 57.8 Å². The van der Waals surface area contributed by atoms with Gasteiger partial charge in [0, 0.05) is 30.6 Å². The van der Waals surface area contributed by atoms with E-state index in [0.717, 1.165) is 42.9 Å². The maximum Gasteiger partial charge on any atom is 0.255 e. The van der Waals surface area contributed by atoms with Gasteiger partial charge < -0.3 is 15.1 Å². The Bertz CT molecular complexity index is 688. The molecule has 29 heavy (non-hydrogen) atoms. The molecule has 1 saturated heterocycles. The number of piperidine rings is 1. The average molecular weight is 418 g/mol. The van der Waals surface area contributed by atoms with Gasteiger partial charge in [-0.3, -0.25) is 9.59 Å². The Kier molecular flexibility index (Phi) is 8.42. The van der Waals surface area contributed by atoms with E-state index in [-0.39, 0.29) is 11.8 Å². The predicted molar refractivity (Wildman–Crippen MR) is 119 cm³/mol. The lowest BCUT2D eigenvalue weighted by atomic mass is 9.89. The summed E-state index contributed by atoms with van der Waals surface area (Å²) in [5.74, 6) is 1.14. The van der Waals surface area contributed by atoms with Crippen LogP contribution < -0.4 is 5.32 Å². The van der Waals surface area contributed by atoms with Crippen molar-refractivity contribution in [3.8, 4) is 0 Å². The van der Waals surface area contributed by atoms with Crippen molar-refractivity contribution in [1.82, 2.24) is 15.1 Å². The van der Waals surface area contributed by atoms with Crippen LogP contribution in [0.5, 0.6) is 0 Å². The molecule has 2 amide bonds. The zero-order chi connectivity index (χ0) is 20.6. The molecule has 1 aliphatic heterocycles. The van der Waals surface area contributed by atoms with Crippen LogP contribution in [0.3, 0.4) is 0 Å². The Labute approximate surface area is 179 Å². The Morgan fingerprint density at radius 3 is 2.62 bits per heavy atom. The summed E-state index contributed by atoms with van der Waals surface area (Å²) in [6, 6.07) is 8.12. The highest BCUT2D eigenvalue weighted by molar-refractivity contribution is 8.00. The van der Waals surface area contributed by atoms with Crippen LogP contribution in [0.4, 0.5) is 0 Å². The fourth-order valence-corrected chi connectivity index (χ4v) is 5.22. The van der Waals surface area contributed by atoms with Crippen molar-refractivity contribution < 1.29 is 9.59 Å². The van der Waals surface area contributed by atoms with Crippen LogP contribution in [-0.2, 0) is 4.79 Å². The Morgan fingerprint density at radius 2 is 1.86 bits per heavy atom. The molecule has 1 saturated carbocycles. The number of benzene rings is 1. The molecule has 2 aliphatic rings. The van der Waals surface area contributed by atoms with Gasteiger partial charge in [0.1, 0.15) is 0 Å². The van der Waals surface area contributed by atoms with Gasteiger partial charge in [0.25, 0.3) is 5.91 Å². The number of likely N-dealkylation sites (tertiary alicyclic amines) is 1. The molecular formula is C23H35N3O2S. The van der Waals surface area contributed by atoms with Gasteiger partial charge in [0.2, 0.25) is 5.91 Å². The number of nitrogens with one attached hydrogen (secondary N) is 1. The molecule has 1 N–H and O–H groups in total. The fraction of sp³-hybridized carbons (Fsp3) is 0.652. The number of hydrogen-bond acceptors (Lipinski definition) is 4. The molecule has 1 aromatic carbocycles. The fourth-order valence-electron chi connectivity index (χ4n) is 4.34. The van der Waals surface area contributed by atoms with E-state index in [1.54, 1.807) is 0 Å². The van der Waals surface area contributed by atoms with Gasteiger partial charge in [0.15, 0.2) is 0 Å². The van der Waals surface area contributed by atoms with Gasteiger partial charge >= 0.3 is 0 Å². The minimum Gasteiger partial charge on any atom is -0.355 e. The minimum absolute atomic E-state index is 0.0634. The lowest BCUT2D eigenvalue weighted by Crippen LogP contribution is -2.47. The lowest BCUT2D eigenvalue weighted by molar-refractivity contribution is -0.118. The van der Waals surface area contributed by atoms with Crippen molar-refractivity contribution in [2.45, 2.75) is 55.9 Å². The number of rotatable bonds is 7. The molecule has 1 atom stereocenters. The summed E-state index contributed by atoms with van der Waals surface area (Å²) in [5.41, 5.74) is 0.719. The molecule has 1 heterocycles. The number of nitrogens with zero attached hydrogens (tertiary/aromatic N) is 2. The smallest absolute Gasteiger partial charge is 0.255 e. The molecule has 3 rings (SSSR count). The third-order valence-electron chi connectivity index (χ3n) is 6.20. The van der Waals surface area contributed by atoms with E-state index in [0.29, 0.717) is 17.7 Å². The number of hydrogen-bond donors (Lipinski definition) is 1. The number of carbonyl (C=O) groups is 2. The van der Waals surface area contributed by atoms with Crippen LogP contribution >= 0.6 is 11.8 Å². The van der Waals surface area contributed by atoms with Crippen molar-refractivity contribution in [2.24, 2.45) is 5.92 Å². The predicted octanol–water partition coefficient (Wildman–Crippen LogP) is 3.64. The molecule has 160 valence electrons. The SMILES string of the molecule is CN(C)C1CCCN(C(=O)c2ccccc2SCC(=O)NCC2CCCCC2)C1. The molecule has 0 aromatic heterocycles. The molecule has 2 fully saturated rings. The average Bonchev–Trinajstić information content (AvgIpc) is 2.76. The highest BCUT2D eigenvalue weighted by Gasteiger charge is 2.27. The van der Waals surface area contributed by atoms with Crippen molar-refractivity contribution in [1.29, 1.82) is 0 Å². The van der Waals surface area contributed by atoms with Crippen LogP contribution in [0.25, 0.3) is 0 Å². The number of amides is 2. The highest BCUT2D eigenvalue weighted by Crippen LogP contribution is 2.26. The Balaban J connectivity index is 1.54. The first-order chi connectivity index (χ1) is 14.0. The van der Waals surface area contributed by atoms with E-state index >= 15 is 0 Å². The van der Waals surface area contributed by atoms with E-state index in [1.165, 1.54) is 43.9 Å². The first-order valence-electron chi connectivity index (χ1n) is 11.0. The van der Waals surface area contributed by atoms with Crippen molar-refractivity contribution in [3.05, 3.63) is 29.8 Å². The molecule has 0 radical (unpaired) electrons. The maximum absolute atomic E-state index is 13.2. The number of carbonyl (C=O) groups excluding carboxylic acids is 2. The second kappa shape index (κ2) is 11.0. The Hall–Kier alpha value is -1.53. The summed E-state index contributed by atoms with van der Waals surface area (Å²) in [6.45, 7) is 2.37. The largest absolute Gasteiger partial charge is 0.355 e. The van der Waals surface area contributed by atoms with Gasteiger partial charge in [-0.2, -0.15) is 0 Å². The van der Waals surface area contributed by atoms with E-state index in [1.807, 2.05) is 29.2 Å². The van der Waals surface area contributed by atoms with Gasteiger partial charge in [-0.1, -0.05) is 31.4 Å². The molecule has 1 aromatic rings. The number of thioether (sulfide) groups is 1. The first-order valence-corrected chi connectivity index (χ1v) is 12.0. The monoisotopic (exact) mass is 417 g/mol. The minimum atomic E-state index is 0.0634. The summed E-state index contributed by atoms with van der Waals surface area (Å²) < 4.78 is 0. The molecule has 5 nitrogen and oxygen atoms in total. The second-order valence-electron chi connectivity index (χ2n) is 8.60. The van der Waals surface area contributed by atoms with Crippen LogP contribution in [0, 0.1) is 5.92 Å². The van der Waals surface area contributed by atoms with Crippen molar-refractivity contribution >= 4 is 23.6 Å². The highest BCUT2D eigenvalue weighted by atomic mass is 32.2. The zero-order valence-electron chi connectivity index (χ0n) is 17.9. The topological polar surface area (TPSA) is 52.7 Å². The summed E-state index contributed by atoms with van der Waals surface area (Å²) in [6.07, 6.45) is 8.54. The summed E-state index contributed by atoms with van der Waals surface area (Å²) in [7, 11) is 4.16.